The Bertz CT molecular complexity index is 945. The number of rotatable bonds is 4. The van der Waals surface area contributed by atoms with Gasteiger partial charge in [0.15, 0.2) is 5.75 Å². The molecule has 1 N–H and O–H groups in total. The number of benzene rings is 2. The Morgan fingerprint density at radius 1 is 1.12 bits per heavy atom. The van der Waals surface area contributed by atoms with Crippen LogP contribution in [0, 0.1) is 0 Å². The molecule has 0 bridgehead atoms. The average Bonchev–Trinajstić information content (AvgIpc) is 2.91. The Morgan fingerprint density at radius 3 is 2.62 bits per heavy atom. The van der Waals surface area contributed by atoms with E-state index in [2.05, 4.69) is 4.98 Å². The Balaban J connectivity index is 2.16. The molecule has 1 heterocycles. The monoisotopic (exact) mass is 343 g/mol. The molecule has 0 saturated carbocycles. The molecule has 0 spiro atoms. The number of hydrogen-bond acceptors (Lipinski definition) is 4. The predicted molar refractivity (Wildman–Crippen MR) is 91.0 cm³/mol. The van der Waals surface area contributed by atoms with Gasteiger partial charge in [0.05, 0.1) is 12.6 Å². The summed E-state index contributed by atoms with van der Waals surface area (Å²) in [6, 6.07) is 11.8. The van der Waals surface area contributed by atoms with E-state index in [0.717, 1.165) is 0 Å². The highest BCUT2D eigenvalue weighted by Crippen LogP contribution is 2.33. The number of fused-ring (bicyclic) bond motifs is 1. The van der Waals surface area contributed by atoms with Crippen molar-refractivity contribution in [2.75, 3.05) is 7.11 Å². The molecular weight excluding hydrogens is 330 g/mol. The van der Waals surface area contributed by atoms with Gasteiger partial charge in [-0.25, -0.2) is 0 Å². The van der Waals surface area contributed by atoms with Crippen LogP contribution in [0.5, 0.6) is 11.5 Å². The Hall–Kier alpha value is -2.79. The van der Waals surface area contributed by atoms with Crippen LogP contribution in [0.1, 0.15) is 23.0 Å². The van der Waals surface area contributed by atoms with Crippen LogP contribution in [0.3, 0.4) is 0 Å². The van der Waals surface area contributed by atoms with Gasteiger partial charge in [-0.1, -0.05) is 23.7 Å². The van der Waals surface area contributed by atoms with Crippen molar-refractivity contribution in [3.63, 3.8) is 0 Å². The third kappa shape index (κ3) is 2.98. The van der Waals surface area contributed by atoms with E-state index >= 15 is 0 Å². The molecule has 0 aliphatic rings. The number of H-pyrrole nitrogens is 1. The highest BCUT2D eigenvalue weighted by atomic mass is 35.5. The highest BCUT2D eigenvalue weighted by molar-refractivity contribution is 6.31. The van der Waals surface area contributed by atoms with Crippen molar-refractivity contribution >= 4 is 34.3 Å². The van der Waals surface area contributed by atoms with Crippen molar-refractivity contribution in [3.8, 4) is 11.5 Å². The highest BCUT2D eigenvalue weighted by Gasteiger charge is 2.22. The van der Waals surface area contributed by atoms with E-state index in [-0.39, 0.29) is 17.2 Å². The summed E-state index contributed by atoms with van der Waals surface area (Å²) in [5, 5.41) is 1.12. The fraction of sp³-hybridized carbons (Fsp3) is 0.111. The zero-order chi connectivity index (χ0) is 17.3. The third-order valence-electron chi connectivity index (χ3n) is 3.52. The van der Waals surface area contributed by atoms with E-state index in [9.17, 15) is 9.59 Å². The normalized spacial score (nSPS) is 10.6. The average molecular weight is 344 g/mol. The maximum absolute atomic E-state index is 12.9. The fourth-order valence-electron chi connectivity index (χ4n) is 2.46. The van der Waals surface area contributed by atoms with Crippen LogP contribution in [0.4, 0.5) is 0 Å². The van der Waals surface area contributed by atoms with Crippen LogP contribution in [-0.2, 0) is 4.79 Å². The van der Waals surface area contributed by atoms with Gasteiger partial charge in [0.2, 0.25) is 5.78 Å². The lowest BCUT2D eigenvalue weighted by Gasteiger charge is -2.05. The molecule has 5 nitrogen and oxygen atoms in total. The van der Waals surface area contributed by atoms with Gasteiger partial charge in [-0.05, 0) is 30.3 Å². The van der Waals surface area contributed by atoms with Crippen molar-refractivity contribution in [2.24, 2.45) is 0 Å². The van der Waals surface area contributed by atoms with Crippen molar-refractivity contribution in [1.29, 1.82) is 0 Å². The summed E-state index contributed by atoms with van der Waals surface area (Å²) in [6.07, 6.45) is 0. The second-order valence-corrected chi connectivity index (χ2v) is 5.61. The standard InChI is InChI=1S/C18H14ClNO4/c1-10(21)24-18-14-7-6-12(19)9-15(14)20-16(18)17(22)11-4-3-5-13(8-11)23-2/h3-9,20H,1-2H3. The van der Waals surface area contributed by atoms with Gasteiger partial charge in [0, 0.05) is 22.9 Å². The van der Waals surface area contributed by atoms with E-state index in [1.807, 2.05) is 0 Å². The number of halogens is 1. The number of nitrogens with one attached hydrogen (secondary N) is 1. The molecule has 24 heavy (non-hydrogen) atoms. The van der Waals surface area contributed by atoms with Crippen LogP contribution in [0.2, 0.25) is 5.02 Å². The van der Waals surface area contributed by atoms with E-state index < -0.39 is 5.97 Å². The Morgan fingerprint density at radius 2 is 1.92 bits per heavy atom. The zero-order valence-corrected chi connectivity index (χ0v) is 13.8. The molecule has 3 rings (SSSR count). The molecule has 1 aromatic heterocycles. The molecule has 0 aliphatic heterocycles. The Labute approximate surface area is 143 Å². The number of ketones is 1. The van der Waals surface area contributed by atoms with Gasteiger partial charge in [-0.3, -0.25) is 9.59 Å². The smallest absolute Gasteiger partial charge is 0.308 e. The number of hydrogen-bond donors (Lipinski definition) is 1. The van der Waals surface area contributed by atoms with E-state index in [4.69, 9.17) is 21.1 Å². The number of methoxy groups -OCH3 is 1. The number of aromatic nitrogens is 1. The number of carbonyl (C=O) groups excluding carboxylic acids is 2. The number of aromatic amines is 1. The largest absolute Gasteiger partial charge is 0.497 e. The maximum atomic E-state index is 12.9. The minimum Gasteiger partial charge on any atom is -0.497 e. The lowest BCUT2D eigenvalue weighted by atomic mass is 10.1. The number of ether oxygens (including phenoxy) is 2. The van der Waals surface area contributed by atoms with Crippen LogP contribution >= 0.6 is 11.6 Å². The van der Waals surface area contributed by atoms with Crippen LogP contribution in [-0.4, -0.2) is 23.8 Å². The molecular formula is C18H14ClNO4. The summed E-state index contributed by atoms with van der Waals surface area (Å²) in [7, 11) is 1.53. The van der Waals surface area contributed by atoms with Crippen LogP contribution in [0.25, 0.3) is 10.9 Å². The van der Waals surface area contributed by atoms with Gasteiger partial charge >= 0.3 is 5.97 Å². The summed E-state index contributed by atoms with van der Waals surface area (Å²) in [4.78, 5) is 27.3. The van der Waals surface area contributed by atoms with Crippen molar-refractivity contribution in [1.82, 2.24) is 4.98 Å². The minimum absolute atomic E-state index is 0.190. The number of carbonyl (C=O) groups is 2. The van der Waals surface area contributed by atoms with Gasteiger partial charge in [-0.2, -0.15) is 0 Å². The fourth-order valence-corrected chi connectivity index (χ4v) is 2.63. The molecule has 0 amide bonds. The summed E-state index contributed by atoms with van der Waals surface area (Å²) in [5.41, 5.74) is 1.22. The van der Waals surface area contributed by atoms with Crippen molar-refractivity contribution < 1.29 is 19.1 Å². The van der Waals surface area contributed by atoms with Crippen LogP contribution in [0.15, 0.2) is 42.5 Å². The van der Waals surface area contributed by atoms with Crippen molar-refractivity contribution in [2.45, 2.75) is 6.92 Å². The lowest BCUT2D eigenvalue weighted by molar-refractivity contribution is -0.131. The van der Waals surface area contributed by atoms with Gasteiger partial charge < -0.3 is 14.5 Å². The third-order valence-corrected chi connectivity index (χ3v) is 3.75. The quantitative estimate of drug-likeness (QED) is 0.574. The molecule has 0 aliphatic carbocycles. The molecule has 0 fully saturated rings. The molecule has 0 atom stereocenters. The molecule has 6 heteroatoms. The first-order valence-electron chi connectivity index (χ1n) is 7.18. The maximum Gasteiger partial charge on any atom is 0.308 e. The summed E-state index contributed by atoms with van der Waals surface area (Å²) >= 11 is 5.99. The summed E-state index contributed by atoms with van der Waals surface area (Å²) in [6.45, 7) is 1.29. The van der Waals surface area contributed by atoms with Gasteiger partial charge in [0.25, 0.3) is 0 Å². The summed E-state index contributed by atoms with van der Waals surface area (Å²) in [5.74, 6) is -0.0564. The zero-order valence-electron chi connectivity index (χ0n) is 13.1. The van der Waals surface area contributed by atoms with Gasteiger partial charge in [0.1, 0.15) is 11.4 Å². The minimum atomic E-state index is -0.509. The van der Waals surface area contributed by atoms with E-state index in [1.54, 1.807) is 42.5 Å². The molecule has 0 unspecified atom stereocenters. The van der Waals surface area contributed by atoms with E-state index in [0.29, 0.717) is 27.2 Å². The lowest BCUT2D eigenvalue weighted by Crippen LogP contribution is -2.08. The topological polar surface area (TPSA) is 68.4 Å². The molecule has 0 saturated heterocycles. The van der Waals surface area contributed by atoms with Crippen LogP contribution < -0.4 is 9.47 Å². The first kappa shape index (κ1) is 16.1. The SMILES string of the molecule is COc1cccc(C(=O)c2[nH]c3cc(Cl)ccc3c2OC(C)=O)c1. The molecule has 3 aromatic rings. The predicted octanol–water partition coefficient (Wildman–Crippen LogP) is 3.99. The van der Waals surface area contributed by atoms with Crippen molar-refractivity contribution in [3.05, 3.63) is 58.7 Å². The van der Waals surface area contributed by atoms with Gasteiger partial charge in [-0.15, -0.1) is 0 Å². The summed E-state index contributed by atoms with van der Waals surface area (Å²) < 4.78 is 10.4. The van der Waals surface area contributed by atoms with E-state index in [1.165, 1.54) is 14.0 Å². The first-order valence-corrected chi connectivity index (χ1v) is 7.56. The Kier molecular flexibility index (Phi) is 4.27. The molecule has 0 radical (unpaired) electrons. The second kappa shape index (κ2) is 6.37. The molecule has 2 aromatic carbocycles. The second-order valence-electron chi connectivity index (χ2n) is 5.17. The number of esters is 1. The molecule has 122 valence electrons. The first-order chi connectivity index (χ1) is 11.5.